The van der Waals surface area contributed by atoms with E-state index in [1.165, 1.54) is 51.4 Å². The van der Waals surface area contributed by atoms with E-state index in [0.717, 1.165) is 5.92 Å². The second kappa shape index (κ2) is 12.8. The predicted octanol–water partition coefficient (Wildman–Crippen LogP) is -4.67. The molecule has 5 heteroatoms. The van der Waals surface area contributed by atoms with E-state index in [4.69, 9.17) is 0 Å². The van der Waals surface area contributed by atoms with Crippen molar-refractivity contribution in [3.05, 3.63) is 50.6 Å². The summed E-state index contributed by atoms with van der Waals surface area (Å²) in [5.74, 6) is 0.982. The third-order valence-electron chi connectivity index (χ3n) is 5.38. The Morgan fingerprint density at radius 1 is 1.00 bits per heavy atom. The van der Waals surface area contributed by atoms with Gasteiger partial charge in [0, 0.05) is 0 Å². The molecule has 25 heavy (non-hydrogen) atoms. The summed E-state index contributed by atoms with van der Waals surface area (Å²) in [6.07, 6.45) is 11.3. The largest absolute Gasteiger partial charge is 1.00 e. The normalized spacial score (nSPS) is 18.2. The summed E-state index contributed by atoms with van der Waals surface area (Å²) in [7, 11) is -0.255. The number of rotatable bonds is 5. The van der Waals surface area contributed by atoms with Crippen LogP contribution in [0.25, 0.3) is 0 Å². The summed E-state index contributed by atoms with van der Waals surface area (Å²) in [4.78, 5) is 0. The van der Waals surface area contributed by atoms with Gasteiger partial charge in [0.1, 0.15) is 0 Å². The molecular formula is C20H27Cl3SiTi. The molecule has 1 saturated carbocycles. The Bertz CT molecular complexity index is 578. The quantitative estimate of drug-likeness (QED) is 0.397. The molecule has 0 spiro atoms. The SMILES string of the molecule is CCC1=C(CC2CCCCC2)CC([SiH2]c2ccccc2)=[C]1[Ti+3].[Cl-].[Cl-].[Cl-]. The molecule has 0 bridgehead atoms. The van der Waals surface area contributed by atoms with Crippen molar-refractivity contribution in [3.8, 4) is 0 Å². The van der Waals surface area contributed by atoms with Crippen LogP contribution in [0.3, 0.4) is 0 Å². The first-order chi connectivity index (χ1) is 10.8. The molecule has 0 N–H and O–H groups in total. The van der Waals surface area contributed by atoms with Crippen LogP contribution < -0.4 is 42.4 Å². The van der Waals surface area contributed by atoms with Gasteiger partial charge in [-0.15, -0.1) is 0 Å². The molecule has 0 atom stereocenters. The summed E-state index contributed by atoms with van der Waals surface area (Å²) in [6.45, 7) is 2.35. The number of allylic oxidation sites excluding steroid dienone is 4. The van der Waals surface area contributed by atoms with Crippen LogP contribution in [0.4, 0.5) is 0 Å². The molecule has 1 fully saturated rings. The van der Waals surface area contributed by atoms with Gasteiger partial charge in [0.2, 0.25) is 0 Å². The summed E-state index contributed by atoms with van der Waals surface area (Å²) < 4.78 is 1.67. The Balaban J connectivity index is 0.00000192. The summed E-state index contributed by atoms with van der Waals surface area (Å²) >= 11 is 2.40. The van der Waals surface area contributed by atoms with Gasteiger partial charge in [-0.2, -0.15) is 0 Å². The molecule has 0 nitrogen and oxygen atoms in total. The number of halogens is 3. The molecule has 2 aliphatic rings. The Labute approximate surface area is 186 Å². The number of hydrogen-bond acceptors (Lipinski definition) is 0. The second-order valence-corrected chi connectivity index (χ2v) is 9.77. The van der Waals surface area contributed by atoms with E-state index in [2.05, 4.69) is 57.7 Å². The predicted molar refractivity (Wildman–Crippen MR) is 94.8 cm³/mol. The van der Waals surface area contributed by atoms with Gasteiger partial charge in [-0.05, 0) is 0 Å². The van der Waals surface area contributed by atoms with Gasteiger partial charge >= 0.3 is 150 Å². The van der Waals surface area contributed by atoms with Crippen LogP contribution >= 0.6 is 0 Å². The maximum atomic E-state index is 2.40. The molecule has 0 aliphatic heterocycles. The zero-order valence-electron chi connectivity index (χ0n) is 15.0. The van der Waals surface area contributed by atoms with Crippen LogP contribution in [0.15, 0.2) is 50.6 Å². The number of hydrogen-bond donors (Lipinski definition) is 0. The fraction of sp³-hybridized carbons (Fsp3) is 0.500. The Hall–Kier alpha value is 0.501. The van der Waals surface area contributed by atoms with Gasteiger partial charge in [0.25, 0.3) is 0 Å². The van der Waals surface area contributed by atoms with Crippen LogP contribution in [0.2, 0.25) is 0 Å². The molecule has 2 aliphatic carbocycles. The van der Waals surface area contributed by atoms with Crippen molar-refractivity contribution >= 4 is 14.7 Å². The first-order valence-corrected chi connectivity index (χ1v) is 11.2. The third-order valence-corrected chi connectivity index (χ3v) is 8.87. The van der Waals surface area contributed by atoms with Crippen LogP contribution in [0, 0.1) is 5.92 Å². The molecule has 0 heterocycles. The molecule has 0 amide bonds. The fourth-order valence-corrected chi connectivity index (χ4v) is 7.12. The van der Waals surface area contributed by atoms with Crippen molar-refractivity contribution in [1.29, 1.82) is 0 Å². The smallest absolute Gasteiger partial charge is 1.00 e. The van der Waals surface area contributed by atoms with Crippen molar-refractivity contribution in [2.75, 3.05) is 0 Å². The first kappa shape index (κ1) is 25.5. The first-order valence-electron chi connectivity index (χ1n) is 8.96. The standard InChI is InChI=1S/C20H27Si.3ClH.Ti/c1-2-17-14-20(21-19-11-7-4-8-12-19)15-18(17)13-16-9-5-3-6-10-16;;;;/h4,7-8,11-12,16H,2-3,5-6,9-10,13,15,21H2,1H3;3*1H;/q;;;;+3/p-3. The van der Waals surface area contributed by atoms with Crippen LogP contribution in [0.5, 0.6) is 0 Å². The van der Waals surface area contributed by atoms with Crippen molar-refractivity contribution in [2.45, 2.75) is 58.3 Å². The Morgan fingerprint density at radius 2 is 1.64 bits per heavy atom. The third kappa shape index (κ3) is 6.87. The minimum atomic E-state index is -0.255. The molecule has 1 aromatic rings. The van der Waals surface area contributed by atoms with Crippen molar-refractivity contribution < 1.29 is 57.7 Å². The van der Waals surface area contributed by atoms with Gasteiger partial charge in [-0.25, -0.2) is 0 Å². The van der Waals surface area contributed by atoms with E-state index < -0.39 is 0 Å². The zero-order chi connectivity index (χ0) is 15.4. The molecule has 0 unspecified atom stereocenters. The molecule has 0 aromatic heterocycles. The van der Waals surface area contributed by atoms with Crippen LogP contribution in [0.1, 0.15) is 58.3 Å². The Kier molecular flexibility index (Phi) is 13.1. The van der Waals surface area contributed by atoms with Crippen LogP contribution in [-0.2, 0) is 20.4 Å². The van der Waals surface area contributed by atoms with E-state index in [1.54, 1.807) is 14.6 Å². The average molecular weight is 450 g/mol. The van der Waals surface area contributed by atoms with Gasteiger partial charge in [0.05, 0.1) is 0 Å². The Morgan fingerprint density at radius 3 is 2.24 bits per heavy atom. The zero-order valence-corrected chi connectivity index (χ0v) is 20.2. The van der Waals surface area contributed by atoms with E-state index in [9.17, 15) is 0 Å². The summed E-state index contributed by atoms with van der Waals surface area (Å²) in [5, 5.41) is 3.42. The van der Waals surface area contributed by atoms with Gasteiger partial charge in [-0.3, -0.25) is 0 Å². The van der Waals surface area contributed by atoms with Gasteiger partial charge in [0.15, 0.2) is 0 Å². The van der Waals surface area contributed by atoms with Gasteiger partial charge < -0.3 is 37.2 Å². The van der Waals surface area contributed by atoms with Gasteiger partial charge in [-0.1, -0.05) is 0 Å². The number of benzene rings is 1. The van der Waals surface area contributed by atoms with Crippen molar-refractivity contribution in [3.63, 3.8) is 0 Å². The summed E-state index contributed by atoms with van der Waals surface area (Å²) in [5.41, 5.74) is 3.54. The van der Waals surface area contributed by atoms with Crippen LogP contribution in [-0.4, -0.2) is 9.52 Å². The molecule has 0 radical (unpaired) electrons. The van der Waals surface area contributed by atoms with E-state index in [1.807, 2.05) is 10.8 Å². The maximum absolute atomic E-state index is 2.40. The van der Waals surface area contributed by atoms with E-state index in [-0.39, 0.29) is 46.7 Å². The minimum Gasteiger partial charge on any atom is -1.00 e. The topological polar surface area (TPSA) is 0 Å². The molecule has 1 aromatic carbocycles. The fourth-order valence-electron chi connectivity index (χ4n) is 4.20. The average Bonchev–Trinajstić information content (AvgIpc) is 2.84. The van der Waals surface area contributed by atoms with Crippen molar-refractivity contribution in [1.82, 2.24) is 0 Å². The van der Waals surface area contributed by atoms with Crippen molar-refractivity contribution in [2.24, 2.45) is 5.92 Å². The monoisotopic (exact) mass is 448 g/mol. The molecule has 136 valence electrons. The summed E-state index contributed by atoms with van der Waals surface area (Å²) in [6, 6.07) is 11.2. The van der Waals surface area contributed by atoms with E-state index in [0.29, 0.717) is 0 Å². The van der Waals surface area contributed by atoms with E-state index >= 15 is 0 Å². The minimum absolute atomic E-state index is 0. The molecule has 3 rings (SSSR count). The molecule has 0 saturated heterocycles. The maximum Gasteiger partial charge on any atom is -1.00 e. The second-order valence-electron chi connectivity index (χ2n) is 6.96. The molecular weight excluding hydrogens is 423 g/mol.